The van der Waals surface area contributed by atoms with E-state index >= 15 is 0 Å². The highest BCUT2D eigenvalue weighted by atomic mass is 32.2. The zero-order valence-electron chi connectivity index (χ0n) is 15.1. The van der Waals surface area contributed by atoms with Gasteiger partial charge < -0.3 is 19.1 Å². The summed E-state index contributed by atoms with van der Waals surface area (Å²) in [5, 5.41) is 0. The van der Waals surface area contributed by atoms with E-state index in [-0.39, 0.29) is 17.0 Å². The van der Waals surface area contributed by atoms with Gasteiger partial charge in [0.25, 0.3) is 0 Å². The monoisotopic (exact) mass is 386 g/mol. The van der Waals surface area contributed by atoms with Gasteiger partial charge in [-0.2, -0.15) is 0 Å². The van der Waals surface area contributed by atoms with Crippen molar-refractivity contribution in [3.05, 3.63) is 24.3 Å². The third-order valence-corrected chi connectivity index (χ3v) is 5.57. The molecule has 1 heterocycles. The summed E-state index contributed by atoms with van der Waals surface area (Å²) in [6.45, 7) is 3.89. The van der Waals surface area contributed by atoms with Gasteiger partial charge in [0.15, 0.2) is 0 Å². The molecule has 0 atom stereocenters. The molecule has 1 amide bonds. The van der Waals surface area contributed by atoms with Crippen molar-refractivity contribution in [3.8, 4) is 5.75 Å². The Balaban J connectivity index is 1.88. The molecule has 1 aromatic carbocycles. The average molecular weight is 386 g/mol. The van der Waals surface area contributed by atoms with Gasteiger partial charge in [-0.25, -0.2) is 17.9 Å². The number of rotatable bonds is 8. The van der Waals surface area contributed by atoms with Crippen molar-refractivity contribution in [3.63, 3.8) is 0 Å². The van der Waals surface area contributed by atoms with Crippen molar-refractivity contribution < 1.29 is 27.4 Å². The van der Waals surface area contributed by atoms with Gasteiger partial charge in [0.1, 0.15) is 12.4 Å². The Bertz CT molecular complexity index is 669. The molecular formula is C17H26N2O6S. The van der Waals surface area contributed by atoms with Crippen LogP contribution in [0.4, 0.5) is 4.79 Å². The topological polar surface area (TPSA) is 94.2 Å². The Morgan fingerprint density at radius 3 is 2.42 bits per heavy atom. The molecule has 146 valence electrons. The van der Waals surface area contributed by atoms with E-state index in [9.17, 15) is 13.2 Å². The summed E-state index contributed by atoms with van der Waals surface area (Å²) in [5.74, 6) is 0.587. The molecule has 0 radical (unpaired) electrons. The van der Waals surface area contributed by atoms with Crippen molar-refractivity contribution in [1.82, 2.24) is 9.62 Å². The Morgan fingerprint density at radius 1 is 1.19 bits per heavy atom. The molecule has 2 rings (SSSR count). The number of amides is 1. The van der Waals surface area contributed by atoms with Gasteiger partial charge in [-0.1, -0.05) is 0 Å². The summed E-state index contributed by atoms with van der Waals surface area (Å²) in [6, 6.07) is 6.06. The molecule has 0 saturated carbocycles. The molecule has 0 aromatic heterocycles. The van der Waals surface area contributed by atoms with Crippen LogP contribution in [0.15, 0.2) is 29.2 Å². The van der Waals surface area contributed by atoms with Gasteiger partial charge in [-0.05, 0) is 44.0 Å². The normalized spacial score (nSPS) is 15.7. The molecule has 8 nitrogen and oxygen atoms in total. The van der Waals surface area contributed by atoms with Gasteiger partial charge in [0.2, 0.25) is 10.0 Å². The molecule has 26 heavy (non-hydrogen) atoms. The van der Waals surface area contributed by atoms with E-state index in [4.69, 9.17) is 14.2 Å². The van der Waals surface area contributed by atoms with E-state index in [1.54, 1.807) is 31.1 Å². The quantitative estimate of drug-likeness (QED) is 0.682. The van der Waals surface area contributed by atoms with Crippen LogP contribution in [0, 0.1) is 0 Å². The molecule has 1 aliphatic rings. The lowest BCUT2D eigenvalue weighted by Gasteiger charge is -2.31. The fraction of sp³-hybridized carbons (Fsp3) is 0.588. The molecule has 1 fully saturated rings. The predicted octanol–water partition coefficient (Wildman–Crippen LogP) is 1.61. The smallest absolute Gasteiger partial charge is 0.409 e. The van der Waals surface area contributed by atoms with Crippen LogP contribution in [-0.4, -0.2) is 65.5 Å². The Morgan fingerprint density at radius 2 is 1.85 bits per heavy atom. The number of nitrogens with zero attached hydrogens (tertiary/aromatic N) is 1. The first-order valence-electron chi connectivity index (χ1n) is 8.62. The second-order valence-electron chi connectivity index (χ2n) is 5.89. The number of methoxy groups -OCH3 is 1. The first-order chi connectivity index (χ1) is 12.5. The highest BCUT2D eigenvalue weighted by Crippen LogP contribution is 2.18. The zero-order chi connectivity index (χ0) is 19.0. The van der Waals surface area contributed by atoms with E-state index < -0.39 is 10.0 Å². The maximum absolute atomic E-state index is 12.5. The molecule has 0 bridgehead atoms. The molecule has 0 unspecified atom stereocenters. The van der Waals surface area contributed by atoms with Crippen molar-refractivity contribution in [2.45, 2.75) is 30.7 Å². The van der Waals surface area contributed by atoms with Gasteiger partial charge in [-0.3, -0.25) is 0 Å². The molecule has 1 aromatic rings. The summed E-state index contributed by atoms with van der Waals surface area (Å²) in [6.07, 6.45) is 0.754. The van der Waals surface area contributed by atoms with Crippen LogP contribution >= 0.6 is 0 Å². The Hall–Kier alpha value is -1.84. The fourth-order valence-electron chi connectivity index (χ4n) is 2.64. The van der Waals surface area contributed by atoms with Crippen LogP contribution in [0.3, 0.4) is 0 Å². The van der Waals surface area contributed by atoms with E-state index in [1.807, 2.05) is 0 Å². The van der Waals surface area contributed by atoms with Gasteiger partial charge >= 0.3 is 6.09 Å². The number of piperidine rings is 1. The van der Waals surface area contributed by atoms with Crippen LogP contribution in [0.1, 0.15) is 19.8 Å². The van der Waals surface area contributed by atoms with Crippen LogP contribution in [-0.2, 0) is 19.5 Å². The number of benzene rings is 1. The van der Waals surface area contributed by atoms with Crippen molar-refractivity contribution in [2.75, 3.05) is 40.0 Å². The number of carbonyl (C=O) groups excluding carboxylic acids is 1. The summed E-state index contributed by atoms with van der Waals surface area (Å²) < 4.78 is 43.0. The Labute approximate surface area is 154 Å². The zero-order valence-corrected chi connectivity index (χ0v) is 16.0. The lowest BCUT2D eigenvalue weighted by atomic mass is 10.1. The summed E-state index contributed by atoms with van der Waals surface area (Å²) in [7, 11) is -2.03. The highest BCUT2D eigenvalue weighted by molar-refractivity contribution is 7.89. The molecule has 0 spiro atoms. The van der Waals surface area contributed by atoms with Crippen LogP contribution in [0.2, 0.25) is 0 Å². The number of hydrogen-bond acceptors (Lipinski definition) is 6. The third-order valence-electron chi connectivity index (χ3n) is 4.03. The first-order valence-corrected chi connectivity index (χ1v) is 10.1. The minimum atomic E-state index is -3.61. The van der Waals surface area contributed by atoms with Crippen LogP contribution in [0.5, 0.6) is 5.75 Å². The molecule has 1 saturated heterocycles. The first kappa shape index (κ1) is 20.5. The lowest BCUT2D eigenvalue weighted by Crippen LogP contribution is -2.46. The molecule has 1 aliphatic heterocycles. The van der Waals surface area contributed by atoms with E-state index in [2.05, 4.69) is 4.72 Å². The van der Waals surface area contributed by atoms with E-state index in [0.29, 0.717) is 51.5 Å². The standard InChI is InChI=1S/C17H26N2O6S/c1-3-24-17(20)19-10-8-14(9-11-19)18-26(21,22)16-6-4-15(5-7-16)25-13-12-23-2/h4-7,14,18H,3,8-13H2,1-2H3. The summed E-state index contributed by atoms with van der Waals surface area (Å²) >= 11 is 0. The van der Waals surface area contributed by atoms with E-state index in [0.717, 1.165) is 0 Å². The number of ether oxygens (including phenoxy) is 3. The Kier molecular flexibility index (Phi) is 7.67. The highest BCUT2D eigenvalue weighted by Gasteiger charge is 2.27. The van der Waals surface area contributed by atoms with Gasteiger partial charge in [0, 0.05) is 26.2 Å². The molecule has 1 N–H and O–H groups in total. The largest absolute Gasteiger partial charge is 0.491 e. The number of carbonyl (C=O) groups is 1. The lowest BCUT2D eigenvalue weighted by molar-refractivity contribution is 0.0966. The average Bonchev–Trinajstić information content (AvgIpc) is 2.63. The van der Waals surface area contributed by atoms with Crippen molar-refractivity contribution >= 4 is 16.1 Å². The predicted molar refractivity (Wildman–Crippen MR) is 95.8 cm³/mol. The second kappa shape index (κ2) is 9.75. The van der Waals surface area contributed by atoms with Crippen LogP contribution in [0.25, 0.3) is 0 Å². The molecular weight excluding hydrogens is 360 g/mol. The second-order valence-corrected chi connectivity index (χ2v) is 7.61. The maximum atomic E-state index is 12.5. The number of hydrogen-bond donors (Lipinski definition) is 1. The SMILES string of the molecule is CCOC(=O)N1CCC(NS(=O)(=O)c2ccc(OCCOC)cc2)CC1. The van der Waals surface area contributed by atoms with Gasteiger partial charge in [-0.15, -0.1) is 0 Å². The number of likely N-dealkylation sites (tertiary alicyclic amines) is 1. The minimum Gasteiger partial charge on any atom is -0.491 e. The number of sulfonamides is 1. The minimum absolute atomic E-state index is 0.185. The fourth-order valence-corrected chi connectivity index (χ4v) is 3.95. The maximum Gasteiger partial charge on any atom is 0.409 e. The third kappa shape index (κ3) is 5.86. The van der Waals surface area contributed by atoms with Crippen LogP contribution < -0.4 is 9.46 Å². The van der Waals surface area contributed by atoms with Crippen molar-refractivity contribution in [1.29, 1.82) is 0 Å². The van der Waals surface area contributed by atoms with Gasteiger partial charge in [0.05, 0.1) is 18.1 Å². The van der Waals surface area contributed by atoms with E-state index in [1.165, 1.54) is 12.1 Å². The number of nitrogens with one attached hydrogen (secondary N) is 1. The molecule has 9 heteroatoms. The summed E-state index contributed by atoms with van der Waals surface area (Å²) in [4.78, 5) is 13.5. The summed E-state index contributed by atoms with van der Waals surface area (Å²) in [5.41, 5.74) is 0. The van der Waals surface area contributed by atoms with Crippen molar-refractivity contribution in [2.24, 2.45) is 0 Å². The molecule has 0 aliphatic carbocycles.